The molecule has 0 spiro atoms. The molecule has 0 radical (unpaired) electrons. The summed E-state index contributed by atoms with van der Waals surface area (Å²) in [5.74, 6) is -0.0395. The lowest BCUT2D eigenvalue weighted by molar-refractivity contribution is -0.143. The van der Waals surface area contributed by atoms with Crippen molar-refractivity contribution >= 4 is 11.9 Å². The molecule has 414 valence electrons. The van der Waals surface area contributed by atoms with E-state index >= 15 is 0 Å². The summed E-state index contributed by atoms with van der Waals surface area (Å²) in [7, 11) is 0. The standard InChI is InChI=1S/C64H123NO5/c1-3-5-7-9-11-13-15-16-17-18-19-24-27-30-33-37-40-44-48-52-56-62(67)61(60-66)65-63(68)57-53-49-45-41-38-34-31-28-25-22-20-21-23-26-29-32-35-39-43-47-51-55-59-70-64(69)58-54-50-46-42-36-14-12-10-8-6-4-2/h10,12,22,25,61-62,66-67H,3-9,11,13-21,23-24,26-60H2,1-2H3,(H,65,68)/b12-10-,25-22-. The first-order chi connectivity index (χ1) is 34.5. The number of carbonyl (C=O) groups is 2. The summed E-state index contributed by atoms with van der Waals surface area (Å²) in [6, 6.07) is -0.547. The molecule has 6 heteroatoms. The number of rotatable bonds is 59. The Morgan fingerprint density at radius 3 is 1.06 bits per heavy atom. The summed E-state index contributed by atoms with van der Waals surface area (Å²) in [6.45, 7) is 4.93. The van der Waals surface area contributed by atoms with Gasteiger partial charge in [-0.1, -0.05) is 289 Å². The van der Waals surface area contributed by atoms with Crippen LogP contribution in [0.1, 0.15) is 348 Å². The molecule has 0 aliphatic carbocycles. The minimum absolute atomic E-state index is 0.000702. The highest BCUT2D eigenvalue weighted by atomic mass is 16.5. The van der Waals surface area contributed by atoms with Gasteiger partial charge in [0.1, 0.15) is 0 Å². The average molecular weight is 987 g/mol. The maximum absolute atomic E-state index is 12.5. The van der Waals surface area contributed by atoms with Crippen molar-refractivity contribution in [1.82, 2.24) is 5.32 Å². The normalized spacial score (nSPS) is 12.7. The number of carbonyl (C=O) groups excluding carboxylic acids is 2. The Morgan fingerprint density at radius 1 is 0.386 bits per heavy atom. The van der Waals surface area contributed by atoms with Gasteiger partial charge in [-0.25, -0.2) is 0 Å². The maximum Gasteiger partial charge on any atom is 0.305 e. The second-order valence-corrected chi connectivity index (χ2v) is 21.7. The van der Waals surface area contributed by atoms with E-state index in [9.17, 15) is 19.8 Å². The molecule has 0 aromatic carbocycles. The van der Waals surface area contributed by atoms with E-state index in [1.165, 1.54) is 270 Å². The Morgan fingerprint density at radius 2 is 0.686 bits per heavy atom. The van der Waals surface area contributed by atoms with Crippen LogP contribution >= 0.6 is 0 Å². The molecule has 0 saturated carbocycles. The predicted molar refractivity (Wildman–Crippen MR) is 306 cm³/mol. The molecular weight excluding hydrogens is 863 g/mol. The average Bonchev–Trinajstić information content (AvgIpc) is 3.36. The number of aliphatic hydroxyl groups excluding tert-OH is 2. The van der Waals surface area contributed by atoms with Crippen molar-refractivity contribution < 1.29 is 24.5 Å². The van der Waals surface area contributed by atoms with Crippen LogP contribution in [0.5, 0.6) is 0 Å². The molecule has 0 aliphatic heterocycles. The molecule has 0 aromatic heterocycles. The number of ether oxygens (including phenoxy) is 1. The number of nitrogens with one attached hydrogen (secondary N) is 1. The minimum atomic E-state index is -0.669. The fourth-order valence-electron chi connectivity index (χ4n) is 9.85. The lowest BCUT2D eigenvalue weighted by atomic mass is 10.0. The Balaban J connectivity index is 3.43. The van der Waals surface area contributed by atoms with Gasteiger partial charge in [0.25, 0.3) is 0 Å². The van der Waals surface area contributed by atoms with Gasteiger partial charge in [-0.05, 0) is 70.6 Å². The summed E-state index contributed by atoms with van der Waals surface area (Å²) in [6.07, 6.45) is 73.3. The third-order valence-corrected chi connectivity index (χ3v) is 14.7. The fourth-order valence-corrected chi connectivity index (χ4v) is 9.85. The molecule has 0 aromatic rings. The molecule has 1 amide bonds. The smallest absolute Gasteiger partial charge is 0.305 e. The molecule has 0 aliphatic rings. The molecule has 3 N–H and O–H groups in total. The molecule has 0 fully saturated rings. The maximum atomic E-state index is 12.5. The first-order valence-electron chi connectivity index (χ1n) is 31.6. The van der Waals surface area contributed by atoms with Crippen LogP contribution in [-0.4, -0.2) is 47.4 Å². The molecule has 2 unspecified atom stereocenters. The summed E-state index contributed by atoms with van der Waals surface area (Å²) < 4.78 is 5.46. The van der Waals surface area contributed by atoms with Gasteiger partial charge in [-0.2, -0.15) is 0 Å². The quantitative estimate of drug-likeness (QED) is 0.0321. The molecule has 70 heavy (non-hydrogen) atoms. The number of hydrogen-bond acceptors (Lipinski definition) is 5. The predicted octanol–water partition coefficient (Wildman–Crippen LogP) is 19.8. The molecular formula is C64H123NO5. The zero-order valence-electron chi connectivity index (χ0n) is 47.3. The van der Waals surface area contributed by atoms with Crippen molar-refractivity contribution in [3.63, 3.8) is 0 Å². The van der Waals surface area contributed by atoms with Crippen LogP contribution in [0.4, 0.5) is 0 Å². The Labute approximate surface area is 437 Å². The molecule has 6 nitrogen and oxygen atoms in total. The van der Waals surface area contributed by atoms with Crippen molar-refractivity contribution in [2.45, 2.75) is 360 Å². The first-order valence-corrected chi connectivity index (χ1v) is 31.6. The lowest BCUT2D eigenvalue weighted by Crippen LogP contribution is -2.45. The number of amides is 1. The number of hydrogen-bond donors (Lipinski definition) is 3. The van der Waals surface area contributed by atoms with E-state index in [-0.39, 0.29) is 18.5 Å². The van der Waals surface area contributed by atoms with Gasteiger partial charge in [0.15, 0.2) is 0 Å². The third-order valence-electron chi connectivity index (χ3n) is 14.7. The van der Waals surface area contributed by atoms with E-state index in [0.29, 0.717) is 25.9 Å². The second kappa shape index (κ2) is 59.9. The Hall–Kier alpha value is -1.66. The second-order valence-electron chi connectivity index (χ2n) is 21.7. The SMILES string of the molecule is CCCC/C=C\CCCCCCCC(=O)OCCCCCCCCCCCCC/C=C\CCCCCCCCCC(=O)NC(CO)C(O)CCCCCCCCCCCCCCCCCCCCCC. The van der Waals surface area contributed by atoms with Crippen molar-refractivity contribution in [3.05, 3.63) is 24.3 Å². The summed E-state index contributed by atoms with van der Waals surface area (Å²) >= 11 is 0. The monoisotopic (exact) mass is 986 g/mol. The van der Waals surface area contributed by atoms with Crippen molar-refractivity contribution in [2.75, 3.05) is 13.2 Å². The topological polar surface area (TPSA) is 95.9 Å². The fraction of sp³-hybridized carbons (Fsp3) is 0.906. The van der Waals surface area contributed by atoms with Crippen LogP contribution < -0.4 is 5.32 Å². The van der Waals surface area contributed by atoms with Crippen LogP contribution in [0.15, 0.2) is 24.3 Å². The molecule has 0 heterocycles. The van der Waals surface area contributed by atoms with E-state index < -0.39 is 12.1 Å². The van der Waals surface area contributed by atoms with E-state index in [1.807, 2.05) is 0 Å². The Kier molecular flexibility index (Phi) is 58.5. The summed E-state index contributed by atoms with van der Waals surface area (Å²) in [5, 5.41) is 23.4. The van der Waals surface area contributed by atoms with Crippen LogP contribution in [0.25, 0.3) is 0 Å². The van der Waals surface area contributed by atoms with E-state index in [4.69, 9.17) is 4.74 Å². The molecule has 0 rings (SSSR count). The van der Waals surface area contributed by atoms with Crippen LogP contribution in [0, 0.1) is 0 Å². The van der Waals surface area contributed by atoms with Crippen molar-refractivity contribution in [1.29, 1.82) is 0 Å². The molecule has 0 bridgehead atoms. The number of esters is 1. The van der Waals surface area contributed by atoms with Crippen molar-refractivity contribution in [2.24, 2.45) is 0 Å². The lowest BCUT2D eigenvalue weighted by Gasteiger charge is -2.22. The van der Waals surface area contributed by atoms with Crippen LogP contribution in [0.3, 0.4) is 0 Å². The van der Waals surface area contributed by atoms with Gasteiger partial charge in [0, 0.05) is 12.8 Å². The third kappa shape index (κ3) is 55.7. The Bertz CT molecular complexity index is 1090. The van der Waals surface area contributed by atoms with Crippen LogP contribution in [0.2, 0.25) is 0 Å². The number of allylic oxidation sites excluding steroid dienone is 4. The summed E-state index contributed by atoms with van der Waals surface area (Å²) in [5.41, 5.74) is 0. The van der Waals surface area contributed by atoms with Gasteiger partial charge in [0.2, 0.25) is 5.91 Å². The zero-order chi connectivity index (χ0) is 50.7. The first kappa shape index (κ1) is 68.3. The molecule has 2 atom stereocenters. The van der Waals surface area contributed by atoms with Crippen LogP contribution in [-0.2, 0) is 14.3 Å². The van der Waals surface area contributed by atoms with Crippen molar-refractivity contribution in [3.8, 4) is 0 Å². The van der Waals surface area contributed by atoms with Gasteiger partial charge >= 0.3 is 5.97 Å². The van der Waals surface area contributed by atoms with E-state index in [2.05, 4.69) is 43.5 Å². The van der Waals surface area contributed by atoms with Gasteiger partial charge in [0.05, 0.1) is 25.4 Å². The highest BCUT2D eigenvalue weighted by Gasteiger charge is 2.20. The summed E-state index contributed by atoms with van der Waals surface area (Å²) in [4.78, 5) is 24.5. The highest BCUT2D eigenvalue weighted by Crippen LogP contribution is 2.18. The minimum Gasteiger partial charge on any atom is -0.466 e. The molecule has 0 saturated heterocycles. The van der Waals surface area contributed by atoms with Gasteiger partial charge in [-0.15, -0.1) is 0 Å². The highest BCUT2D eigenvalue weighted by molar-refractivity contribution is 5.76. The largest absolute Gasteiger partial charge is 0.466 e. The number of unbranched alkanes of at least 4 members (excludes halogenated alkanes) is 44. The zero-order valence-corrected chi connectivity index (χ0v) is 47.3. The van der Waals surface area contributed by atoms with E-state index in [1.54, 1.807) is 0 Å². The number of aliphatic hydroxyl groups is 2. The van der Waals surface area contributed by atoms with E-state index in [0.717, 1.165) is 44.9 Å². The van der Waals surface area contributed by atoms with Gasteiger partial charge in [-0.3, -0.25) is 9.59 Å². The van der Waals surface area contributed by atoms with Gasteiger partial charge < -0.3 is 20.3 Å².